The summed E-state index contributed by atoms with van der Waals surface area (Å²) in [5.74, 6) is 0.594. The number of amides is 1. The number of carbonyl (C=O) groups excluding carboxylic acids is 2. The Balaban J connectivity index is 1.94. The molecule has 1 aliphatic rings. The summed E-state index contributed by atoms with van der Waals surface area (Å²) in [5, 5.41) is 2.77. The number of ether oxygens (including phenoxy) is 2. The lowest BCUT2D eigenvalue weighted by molar-refractivity contribution is 0.101. The summed E-state index contributed by atoms with van der Waals surface area (Å²) >= 11 is 2.14. The molecule has 1 amide bonds. The predicted molar refractivity (Wildman–Crippen MR) is 89.7 cm³/mol. The van der Waals surface area contributed by atoms with Crippen LogP contribution in [-0.2, 0) is 0 Å². The SMILES string of the molecule is CC(=O)c1cc2c(cc1NC(=O)c1cccc(I)c1)OCO2. The molecule has 1 aliphatic heterocycles. The Morgan fingerprint density at radius 1 is 1.14 bits per heavy atom. The lowest BCUT2D eigenvalue weighted by Crippen LogP contribution is -2.14. The van der Waals surface area contributed by atoms with Crippen LogP contribution in [0.25, 0.3) is 0 Å². The first kappa shape index (κ1) is 14.8. The topological polar surface area (TPSA) is 64.6 Å². The highest BCUT2D eigenvalue weighted by Gasteiger charge is 2.20. The van der Waals surface area contributed by atoms with Gasteiger partial charge in [-0.3, -0.25) is 9.59 Å². The summed E-state index contributed by atoms with van der Waals surface area (Å²) in [6, 6.07) is 10.4. The second kappa shape index (κ2) is 5.96. The monoisotopic (exact) mass is 409 g/mol. The second-order valence-corrected chi connectivity index (χ2v) is 6.02. The van der Waals surface area contributed by atoms with Crippen molar-refractivity contribution < 1.29 is 19.1 Å². The van der Waals surface area contributed by atoms with E-state index in [1.807, 2.05) is 12.1 Å². The smallest absolute Gasteiger partial charge is 0.255 e. The molecule has 0 atom stereocenters. The zero-order valence-electron chi connectivity index (χ0n) is 11.7. The van der Waals surface area contributed by atoms with E-state index in [1.165, 1.54) is 6.92 Å². The first-order valence-electron chi connectivity index (χ1n) is 6.56. The van der Waals surface area contributed by atoms with Crippen LogP contribution in [0.15, 0.2) is 36.4 Å². The van der Waals surface area contributed by atoms with Gasteiger partial charge in [0, 0.05) is 20.8 Å². The third-order valence-corrected chi connectivity index (χ3v) is 3.90. The highest BCUT2D eigenvalue weighted by atomic mass is 127. The minimum atomic E-state index is -0.278. The van der Waals surface area contributed by atoms with Gasteiger partial charge in [0.15, 0.2) is 17.3 Å². The summed E-state index contributed by atoms with van der Waals surface area (Å²) in [6.07, 6.45) is 0. The Hall–Kier alpha value is -2.09. The first-order valence-corrected chi connectivity index (χ1v) is 7.64. The molecule has 3 rings (SSSR count). The maximum atomic E-state index is 12.3. The van der Waals surface area contributed by atoms with Crippen molar-refractivity contribution in [1.82, 2.24) is 0 Å². The van der Waals surface area contributed by atoms with Crippen LogP contribution < -0.4 is 14.8 Å². The van der Waals surface area contributed by atoms with E-state index in [0.717, 1.165) is 3.57 Å². The average molecular weight is 409 g/mol. The van der Waals surface area contributed by atoms with Crippen LogP contribution in [0.2, 0.25) is 0 Å². The van der Waals surface area contributed by atoms with Gasteiger partial charge in [-0.2, -0.15) is 0 Å². The third-order valence-electron chi connectivity index (χ3n) is 3.23. The fourth-order valence-corrected chi connectivity index (χ4v) is 2.70. The van der Waals surface area contributed by atoms with Gasteiger partial charge < -0.3 is 14.8 Å². The number of nitrogens with one attached hydrogen (secondary N) is 1. The molecule has 0 aliphatic carbocycles. The van der Waals surface area contributed by atoms with Gasteiger partial charge in [-0.05, 0) is 53.8 Å². The van der Waals surface area contributed by atoms with Gasteiger partial charge in [0.1, 0.15) is 0 Å². The van der Waals surface area contributed by atoms with Gasteiger partial charge in [0.2, 0.25) is 6.79 Å². The maximum Gasteiger partial charge on any atom is 0.255 e. The Kier molecular flexibility index (Phi) is 4.02. The number of carbonyl (C=O) groups is 2. The van der Waals surface area contributed by atoms with Gasteiger partial charge in [0.25, 0.3) is 5.91 Å². The van der Waals surface area contributed by atoms with E-state index in [4.69, 9.17) is 9.47 Å². The zero-order chi connectivity index (χ0) is 15.7. The highest BCUT2D eigenvalue weighted by Crippen LogP contribution is 2.37. The molecule has 0 aromatic heterocycles. The predicted octanol–water partition coefficient (Wildman–Crippen LogP) is 3.47. The van der Waals surface area contributed by atoms with Crippen molar-refractivity contribution in [1.29, 1.82) is 0 Å². The molecule has 6 heteroatoms. The van der Waals surface area contributed by atoms with Gasteiger partial charge in [-0.1, -0.05) is 6.07 Å². The number of benzene rings is 2. The van der Waals surface area contributed by atoms with E-state index in [-0.39, 0.29) is 18.5 Å². The Morgan fingerprint density at radius 2 is 1.86 bits per heavy atom. The third kappa shape index (κ3) is 2.92. The van der Waals surface area contributed by atoms with E-state index >= 15 is 0 Å². The standard InChI is InChI=1S/C16H12INO4/c1-9(19)12-6-14-15(22-8-21-14)7-13(12)18-16(20)10-3-2-4-11(17)5-10/h2-7H,8H2,1H3,(H,18,20). The van der Waals surface area contributed by atoms with Gasteiger partial charge in [0.05, 0.1) is 5.69 Å². The Morgan fingerprint density at radius 3 is 2.55 bits per heavy atom. The van der Waals surface area contributed by atoms with E-state index in [2.05, 4.69) is 27.9 Å². The van der Waals surface area contributed by atoms with Crippen LogP contribution in [0.4, 0.5) is 5.69 Å². The van der Waals surface area contributed by atoms with Crippen LogP contribution in [0.1, 0.15) is 27.6 Å². The number of ketones is 1. The molecular weight excluding hydrogens is 397 g/mol. The second-order valence-electron chi connectivity index (χ2n) is 4.77. The summed E-state index contributed by atoms with van der Waals surface area (Å²) in [7, 11) is 0. The van der Waals surface area contributed by atoms with Crippen LogP contribution in [-0.4, -0.2) is 18.5 Å². The molecule has 2 aromatic carbocycles. The van der Waals surface area contributed by atoms with Crippen molar-refractivity contribution >= 4 is 40.0 Å². The average Bonchev–Trinajstić information content (AvgIpc) is 2.93. The molecule has 1 heterocycles. The first-order chi connectivity index (χ1) is 10.5. The zero-order valence-corrected chi connectivity index (χ0v) is 13.8. The molecule has 0 unspecified atom stereocenters. The van der Waals surface area contributed by atoms with Gasteiger partial charge >= 0.3 is 0 Å². The molecule has 1 N–H and O–H groups in total. The molecule has 5 nitrogen and oxygen atoms in total. The van der Waals surface area contributed by atoms with Crippen molar-refractivity contribution in [2.24, 2.45) is 0 Å². The number of fused-ring (bicyclic) bond motifs is 1. The van der Waals surface area contributed by atoms with E-state index in [9.17, 15) is 9.59 Å². The van der Waals surface area contributed by atoms with Gasteiger partial charge in [-0.25, -0.2) is 0 Å². The summed E-state index contributed by atoms with van der Waals surface area (Å²) < 4.78 is 11.5. The molecule has 0 saturated heterocycles. The Bertz CT molecular complexity index is 773. The molecule has 112 valence electrons. The quantitative estimate of drug-likeness (QED) is 0.623. The normalized spacial score (nSPS) is 12.1. The van der Waals surface area contributed by atoms with Crippen LogP contribution in [0.5, 0.6) is 11.5 Å². The van der Waals surface area contributed by atoms with Crippen molar-refractivity contribution in [3.8, 4) is 11.5 Å². The number of hydrogen-bond donors (Lipinski definition) is 1. The van der Waals surface area contributed by atoms with Crippen molar-refractivity contribution in [3.63, 3.8) is 0 Å². The van der Waals surface area contributed by atoms with Crippen LogP contribution >= 0.6 is 22.6 Å². The van der Waals surface area contributed by atoms with E-state index in [1.54, 1.807) is 24.3 Å². The molecule has 22 heavy (non-hydrogen) atoms. The van der Waals surface area contributed by atoms with Crippen LogP contribution in [0, 0.1) is 3.57 Å². The van der Waals surface area contributed by atoms with Crippen molar-refractivity contribution in [2.75, 3.05) is 12.1 Å². The lowest BCUT2D eigenvalue weighted by atomic mass is 10.1. The van der Waals surface area contributed by atoms with Crippen molar-refractivity contribution in [3.05, 3.63) is 51.1 Å². The molecule has 0 spiro atoms. The fourth-order valence-electron chi connectivity index (χ4n) is 2.16. The minimum Gasteiger partial charge on any atom is -0.454 e. The largest absolute Gasteiger partial charge is 0.454 e. The minimum absolute atomic E-state index is 0.112. The Labute approximate surface area is 140 Å². The molecule has 0 radical (unpaired) electrons. The summed E-state index contributed by atoms with van der Waals surface area (Å²) in [5.41, 5.74) is 1.34. The number of hydrogen-bond acceptors (Lipinski definition) is 4. The number of anilines is 1. The van der Waals surface area contributed by atoms with Gasteiger partial charge in [-0.15, -0.1) is 0 Å². The van der Waals surface area contributed by atoms with Crippen LogP contribution in [0.3, 0.4) is 0 Å². The summed E-state index contributed by atoms with van der Waals surface area (Å²) in [6.45, 7) is 1.56. The fraction of sp³-hybridized carbons (Fsp3) is 0.125. The number of rotatable bonds is 3. The number of Topliss-reactive ketones (excluding diaryl/α,β-unsaturated/α-hetero) is 1. The lowest BCUT2D eigenvalue weighted by Gasteiger charge is -2.11. The van der Waals surface area contributed by atoms with E-state index in [0.29, 0.717) is 28.3 Å². The maximum absolute atomic E-state index is 12.3. The molecular formula is C16H12INO4. The molecule has 0 fully saturated rings. The van der Waals surface area contributed by atoms with Crippen molar-refractivity contribution in [2.45, 2.75) is 6.92 Å². The highest BCUT2D eigenvalue weighted by molar-refractivity contribution is 14.1. The molecule has 0 bridgehead atoms. The number of halogens is 1. The van der Waals surface area contributed by atoms with E-state index < -0.39 is 0 Å². The summed E-state index contributed by atoms with van der Waals surface area (Å²) in [4.78, 5) is 24.1. The molecule has 2 aromatic rings. The molecule has 0 saturated carbocycles.